The average Bonchev–Trinajstić information content (AvgIpc) is 2.99. The van der Waals surface area contributed by atoms with Crippen molar-refractivity contribution in [2.45, 2.75) is 12.5 Å². The van der Waals surface area contributed by atoms with Gasteiger partial charge in [0.2, 0.25) is 0 Å². The van der Waals surface area contributed by atoms with Gasteiger partial charge in [-0.15, -0.1) is 0 Å². The second-order valence-corrected chi connectivity index (χ2v) is 5.80. The smallest absolute Gasteiger partial charge is 0.119 e. The predicted octanol–water partition coefficient (Wildman–Crippen LogP) is 3.43. The Hall–Kier alpha value is -2.31. The fourth-order valence-corrected chi connectivity index (χ4v) is 3.20. The van der Waals surface area contributed by atoms with Gasteiger partial charge in [-0.3, -0.25) is 4.90 Å². The zero-order valence-electron chi connectivity index (χ0n) is 12.8. The Morgan fingerprint density at radius 2 is 1.95 bits per heavy atom. The largest absolute Gasteiger partial charge is 0.497 e. The van der Waals surface area contributed by atoms with E-state index in [9.17, 15) is 5.26 Å². The molecule has 1 fully saturated rings. The van der Waals surface area contributed by atoms with Crippen molar-refractivity contribution >= 4 is 0 Å². The number of hydrogen-bond donors (Lipinski definition) is 0. The second kappa shape index (κ2) is 6.64. The fraction of sp³-hybridized carbons (Fsp3) is 0.316. The quantitative estimate of drug-likeness (QED) is 0.866. The van der Waals surface area contributed by atoms with Gasteiger partial charge in [0, 0.05) is 25.6 Å². The number of methoxy groups -OCH3 is 1. The summed E-state index contributed by atoms with van der Waals surface area (Å²) in [6.45, 7) is 2.65. The summed E-state index contributed by atoms with van der Waals surface area (Å²) in [5, 5.41) is 9.50. The number of likely N-dealkylation sites (tertiary alicyclic amines) is 1. The van der Waals surface area contributed by atoms with Crippen molar-refractivity contribution in [2.24, 2.45) is 5.92 Å². The summed E-state index contributed by atoms with van der Waals surface area (Å²) in [7, 11) is 1.68. The van der Waals surface area contributed by atoms with Gasteiger partial charge in [-0.25, -0.2) is 0 Å². The van der Waals surface area contributed by atoms with Crippen LogP contribution >= 0.6 is 0 Å². The maximum Gasteiger partial charge on any atom is 0.119 e. The summed E-state index contributed by atoms with van der Waals surface area (Å²) in [5.74, 6) is 1.15. The molecule has 1 aliphatic heterocycles. The number of nitrogens with zero attached hydrogens (tertiary/aromatic N) is 2. The molecule has 0 spiro atoms. The number of rotatable bonds is 4. The molecule has 22 heavy (non-hydrogen) atoms. The molecule has 2 atom stereocenters. The van der Waals surface area contributed by atoms with Gasteiger partial charge in [-0.1, -0.05) is 42.5 Å². The first-order valence-electron chi connectivity index (χ1n) is 7.60. The van der Waals surface area contributed by atoms with Crippen molar-refractivity contribution in [1.29, 1.82) is 5.26 Å². The van der Waals surface area contributed by atoms with Gasteiger partial charge in [0.15, 0.2) is 0 Å². The highest BCUT2D eigenvalue weighted by Crippen LogP contribution is 2.34. The Balaban J connectivity index is 1.76. The lowest BCUT2D eigenvalue weighted by Crippen LogP contribution is -2.20. The Bertz CT molecular complexity index is 663. The lowest BCUT2D eigenvalue weighted by molar-refractivity contribution is 0.322. The number of benzene rings is 2. The highest BCUT2D eigenvalue weighted by atomic mass is 16.5. The van der Waals surface area contributed by atoms with Crippen LogP contribution in [0.4, 0.5) is 0 Å². The summed E-state index contributed by atoms with van der Waals surface area (Å²) in [6, 6.07) is 21.0. The van der Waals surface area contributed by atoms with Crippen LogP contribution in [0.1, 0.15) is 17.0 Å². The van der Waals surface area contributed by atoms with Crippen molar-refractivity contribution in [3.63, 3.8) is 0 Å². The first kappa shape index (κ1) is 14.6. The Morgan fingerprint density at radius 1 is 1.14 bits per heavy atom. The molecule has 0 amide bonds. The molecule has 3 nitrogen and oxygen atoms in total. The van der Waals surface area contributed by atoms with E-state index in [0.29, 0.717) is 0 Å². The minimum absolute atomic E-state index is 0.0378. The number of nitriles is 1. The molecule has 1 saturated heterocycles. The fourth-order valence-electron chi connectivity index (χ4n) is 3.20. The van der Waals surface area contributed by atoms with Crippen LogP contribution in [0.15, 0.2) is 54.6 Å². The summed E-state index contributed by atoms with van der Waals surface area (Å²) in [6.07, 6.45) is 0. The average molecular weight is 292 g/mol. The zero-order chi connectivity index (χ0) is 15.4. The molecule has 0 aliphatic carbocycles. The number of ether oxygens (including phenoxy) is 1. The molecule has 2 aromatic rings. The van der Waals surface area contributed by atoms with Gasteiger partial charge in [0.05, 0.1) is 19.1 Å². The van der Waals surface area contributed by atoms with E-state index in [1.54, 1.807) is 7.11 Å². The Kier molecular flexibility index (Phi) is 4.41. The zero-order valence-corrected chi connectivity index (χ0v) is 12.8. The Morgan fingerprint density at radius 3 is 2.68 bits per heavy atom. The van der Waals surface area contributed by atoms with E-state index in [2.05, 4.69) is 47.4 Å². The van der Waals surface area contributed by atoms with E-state index < -0.39 is 0 Å². The van der Waals surface area contributed by atoms with Gasteiger partial charge in [0.1, 0.15) is 5.75 Å². The minimum Gasteiger partial charge on any atom is -0.497 e. The standard InChI is InChI=1S/C19H20N2O/c1-22-18-9-5-8-16(10-18)19-14-21(13-17(19)11-20)12-15-6-3-2-4-7-15/h2-10,17,19H,12-14H2,1H3/t17-,19+/m1/s1. The van der Waals surface area contributed by atoms with Crippen LogP contribution in [0.2, 0.25) is 0 Å². The van der Waals surface area contributed by atoms with Gasteiger partial charge < -0.3 is 4.74 Å². The molecule has 2 aromatic carbocycles. The summed E-state index contributed by atoms with van der Waals surface area (Å²) < 4.78 is 5.31. The third-order valence-electron chi connectivity index (χ3n) is 4.33. The molecule has 112 valence electrons. The van der Waals surface area contributed by atoms with Crippen molar-refractivity contribution in [1.82, 2.24) is 4.90 Å². The summed E-state index contributed by atoms with van der Waals surface area (Å²) in [5.41, 5.74) is 2.49. The normalized spacial score (nSPS) is 21.5. The van der Waals surface area contributed by atoms with Gasteiger partial charge >= 0.3 is 0 Å². The van der Waals surface area contributed by atoms with Crippen LogP contribution in [0, 0.1) is 17.2 Å². The van der Waals surface area contributed by atoms with Crippen LogP contribution in [0.25, 0.3) is 0 Å². The minimum atomic E-state index is 0.0378. The molecule has 3 rings (SSSR count). The molecule has 0 aromatic heterocycles. The molecule has 1 heterocycles. The highest BCUT2D eigenvalue weighted by molar-refractivity contribution is 5.33. The van der Waals surface area contributed by atoms with Crippen LogP contribution in [-0.2, 0) is 6.54 Å². The third kappa shape index (κ3) is 3.13. The molecular weight excluding hydrogens is 272 g/mol. The monoisotopic (exact) mass is 292 g/mol. The summed E-state index contributed by atoms with van der Waals surface area (Å²) >= 11 is 0. The lowest BCUT2D eigenvalue weighted by Gasteiger charge is -2.16. The van der Waals surface area contributed by atoms with Crippen molar-refractivity contribution < 1.29 is 4.74 Å². The van der Waals surface area contributed by atoms with Gasteiger partial charge in [-0.2, -0.15) is 5.26 Å². The van der Waals surface area contributed by atoms with E-state index in [-0.39, 0.29) is 11.8 Å². The molecule has 0 N–H and O–H groups in total. The first-order chi connectivity index (χ1) is 10.8. The van der Waals surface area contributed by atoms with E-state index in [4.69, 9.17) is 4.74 Å². The Labute approximate surface area is 131 Å². The lowest BCUT2D eigenvalue weighted by atomic mass is 9.90. The first-order valence-corrected chi connectivity index (χ1v) is 7.60. The number of hydrogen-bond acceptors (Lipinski definition) is 3. The third-order valence-corrected chi connectivity index (χ3v) is 4.33. The highest BCUT2D eigenvalue weighted by Gasteiger charge is 2.33. The van der Waals surface area contributed by atoms with Crippen LogP contribution in [-0.4, -0.2) is 25.1 Å². The van der Waals surface area contributed by atoms with Crippen LogP contribution in [0.3, 0.4) is 0 Å². The van der Waals surface area contributed by atoms with E-state index in [0.717, 1.165) is 25.4 Å². The van der Waals surface area contributed by atoms with E-state index >= 15 is 0 Å². The molecule has 0 saturated carbocycles. The molecule has 0 radical (unpaired) electrons. The van der Waals surface area contributed by atoms with Crippen LogP contribution in [0.5, 0.6) is 5.75 Å². The molecular formula is C19H20N2O. The molecule has 3 heteroatoms. The maximum atomic E-state index is 9.50. The molecule has 0 unspecified atom stereocenters. The predicted molar refractivity (Wildman–Crippen MR) is 86.6 cm³/mol. The molecule has 0 bridgehead atoms. The second-order valence-electron chi connectivity index (χ2n) is 5.80. The van der Waals surface area contributed by atoms with E-state index in [1.807, 2.05) is 18.2 Å². The van der Waals surface area contributed by atoms with E-state index in [1.165, 1.54) is 11.1 Å². The topological polar surface area (TPSA) is 36.3 Å². The van der Waals surface area contributed by atoms with Crippen molar-refractivity contribution in [2.75, 3.05) is 20.2 Å². The van der Waals surface area contributed by atoms with Gasteiger partial charge in [0.25, 0.3) is 0 Å². The van der Waals surface area contributed by atoms with Crippen molar-refractivity contribution in [3.8, 4) is 11.8 Å². The molecule has 1 aliphatic rings. The van der Waals surface area contributed by atoms with Gasteiger partial charge in [-0.05, 0) is 23.3 Å². The van der Waals surface area contributed by atoms with Crippen LogP contribution < -0.4 is 4.74 Å². The maximum absolute atomic E-state index is 9.50. The van der Waals surface area contributed by atoms with Crippen molar-refractivity contribution in [3.05, 3.63) is 65.7 Å². The SMILES string of the molecule is COc1cccc([C@@H]2CN(Cc3ccccc3)C[C@H]2C#N)c1. The summed E-state index contributed by atoms with van der Waals surface area (Å²) in [4.78, 5) is 2.37.